The molecule has 1 N–H and O–H groups in total. The number of aryl methyl sites for hydroxylation is 3. The lowest BCUT2D eigenvalue weighted by atomic mass is 10.0. The van der Waals surface area contributed by atoms with Gasteiger partial charge in [0.15, 0.2) is 0 Å². The van der Waals surface area contributed by atoms with Crippen LogP contribution in [-0.4, -0.2) is 0 Å². The van der Waals surface area contributed by atoms with E-state index in [1.807, 2.05) is 11.3 Å². The predicted molar refractivity (Wildman–Crippen MR) is 80.2 cm³/mol. The maximum absolute atomic E-state index is 3.61. The van der Waals surface area contributed by atoms with E-state index in [0.29, 0.717) is 6.04 Å². The summed E-state index contributed by atoms with van der Waals surface area (Å²) in [5, 5.41) is 5.77. The molecule has 1 nitrogen and oxygen atoms in total. The highest BCUT2D eigenvalue weighted by molar-refractivity contribution is 7.10. The second-order valence-corrected chi connectivity index (χ2v) is 5.99. The van der Waals surface area contributed by atoms with E-state index in [1.54, 1.807) is 0 Å². The average molecular weight is 259 g/mol. The highest BCUT2D eigenvalue weighted by Gasteiger charge is 2.09. The molecule has 0 fully saturated rings. The summed E-state index contributed by atoms with van der Waals surface area (Å²) in [6.45, 7) is 9.70. The van der Waals surface area contributed by atoms with Gasteiger partial charge in [-0.15, -0.1) is 11.3 Å². The first-order chi connectivity index (χ1) is 8.58. The van der Waals surface area contributed by atoms with Crippen LogP contribution < -0.4 is 5.32 Å². The van der Waals surface area contributed by atoms with Gasteiger partial charge in [0.1, 0.15) is 0 Å². The minimum absolute atomic E-state index is 0.395. The fourth-order valence-electron chi connectivity index (χ4n) is 2.25. The third-order valence-electron chi connectivity index (χ3n) is 3.43. The third kappa shape index (κ3) is 3.01. The van der Waals surface area contributed by atoms with E-state index in [1.165, 1.54) is 27.1 Å². The normalized spacial score (nSPS) is 12.7. The van der Waals surface area contributed by atoms with E-state index in [2.05, 4.69) is 62.7 Å². The van der Waals surface area contributed by atoms with Crippen molar-refractivity contribution in [2.45, 2.75) is 40.3 Å². The lowest BCUT2D eigenvalue weighted by Crippen LogP contribution is -2.18. The van der Waals surface area contributed by atoms with E-state index < -0.39 is 0 Å². The molecule has 0 spiro atoms. The lowest BCUT2D eigenvalue weighted by Gasteiger charge is -2.17. The largest absolute Gasteiger partial charge is 0.305 e. The molecular weight excluding hydrogens is 238 g/mol. The minimum atomic E-state index is 0.395. The Labute approximate surface area is 114 Å². The van der Waals surface area contributed by atoms with Crippen molar-refractivity contribution in [1.82, 2.24) is 5.32 Å². The summed E-state index contributed by atoms with van der Waals surface area (Å²) < 4.78 is 0. The minimum Gasteiger partial charge on any atom is -0.305 e. The molecule has 1 atom stereocenters. The molecule has 0 aliphatic rings. The number of rotatable bonds is 4. The van der Waals surface area contributed by atoms with Gasteiger partial charge in [0, 0.05) is 17.5 Å². The quantitative estimate of drug-likeness (QED) is 0.851. The summed E-state index contributed by atoms with van der Waals surface area (Å²) in [6.07, 6.45) is 0. The van der Waals surface area contributed by atoms with E-state index in [-0.39, 0.29) is 0 Å². The zero-order valence-electron chi connectivity index (χ0n) is 11.6. The van der Waals surface area contributed by atoms with Gasteiger partial charge in [-0.2, -0.15) is 0 Å². The van der Waals surface area contributed by atoms with Crippen molar-refractivity contribution in [3.63, 3.8) is 0 Å². The predicted octanol–water partition coefficient (Wildman–Crippen LogP) is 4.52. The van der Waals surface area contributed by atoms with Gasteiger partial charge in [0.2, 0.25) is 0 Å². The van der Waals surface area contributed by atoms with Gasteiger partial charge in [-0.3, -0.25) is 0 Å². The number of hydrogen-bond acceptors (Lipinski definition) is 2. The van der Waals surface area contributed by atoms with Crippen molar-refractivity contribution in [2.75, 3.05) is 0 Å². The molecule has 0 aliphatic heterocycles. The molecule has 0 saturated heterocycles. The van der Waals surface area contributed by atoms with Crippen molar-refractivity contribution in [3.05, 3.63) is 56.8 Å². The molecule has 0 amide bonds. The molecule has 2 aromatic rings. The summed E-state index contributed by atoms with van der Waals surface area (Å²) in [5.74, 6) is 0. The molecule has 2 rings (SSSR count). The summed E-state index contributed by atoms with van der Waals surface area (Å²) in [7, 11) is 0. The molecule has 1 unspecified atom stereocenters. The van der Waals surface area contributed by atoms with Gasteiger partial charge in [0.05, 0.1) is 0 Å². The Bertz CT molecular complexity index is 528. The van der Waals surface area contributed by atoms with Crippen molar-refractivity contribution in [3.8, 4) is 0 Å². The molecule has 1 aromatic carbocycles. The van der Waals surface area contributed by atoms with Crippen LogP contribution in [0.2, 0.25) is 0 Å². The SMILES string of the molecule is Cc1ccc(C(C)NCc2sccc2C)c(C)c1. The fourth-order valence-corrected chi connectivity index (χ4v) is 3.11. The second-order valence-electron chi connectivity index (χ2n) is 4.99. The lowest BCUT2D eigenvalue weighted by molar-refractivity contribution is 0.575. The van der Waals surface area contributed by atoms with Gasteiger partial charge in [-0.25, -0.2) is 0 Å². The van der Waals surface area contributed by atoms with Crippen LogP contribution in [0, 0.1) is 20.8 Å². The zero-order chi connectivity index (χ0) is 13.1. The monoisotopic (exact) mass is 259 g/mol. The maximum Gasteiger partial charge on any atom is 0.0308 e. The van der Waals surface area contributed by atoms with Crippen LogP contribution in [0.25, 0.3) is 0 Å². The van der Waals surface area contributed by atoms with Gasteiger partial charge in [-0.05, 0) is 55.8 Å². The van der Waals surface area contributed by atoms with E-state index >= 15 is 0 Å². The summed E-state index contributed by atoms with van der Waals surface area (Å²) >= 11 is 1.83. The number of hydrogen-bond donors (Lipinski definition) is 1. The molecule has 1 aromatic heterocycles. The number of benzene rings is 1. The number of thiophene rings is 1. The van der Waals surface area contributed by atoms with Crippen LogP contribution in [0.5, 0.6) is 0 Å². The first-order valence-corrected chi connectivity index (χ1v) is 7.29. The first-order valence-electron chi connectivity index (χ1n) is 6.41. The molecule has 0 aliphatic carbocycles. The van der Waals surface area contributed by atoms with Crippen molar-refractivity contribution < 1.29 is 0 Å². The molecule has 2 heteroatoms. The maximum atomic E-state index is 3.61. The Morgan fingerprint density at radius 1 is 1.11 bits per heavy atom. The molecular formula is C16H21NS. The Kier molecular flexibility index (Phi) is 4.20. The first kappa shape index (κ1) is 13.3. The van der Waals surface area contributed by atoms with Crippen LogP contribution >= 0.6 is 11.3 Å². The zero-order valence-corrected chi connectivity index (χ0v) is 12.4. The van der Waals surface area contributed by atoms with Gasteiger partial charge < -0.3 is 5.32 Å². The Hall–Kier alpha value is -1.12. The Morgan fingerprint density at radius 3 is 2.50 bits per heavy atom. The Balaban J connectivity index is 2.03. The van der Waals surface area contributed by atoms with Crippen molar-refractivity contribution in [1.29, 1.82) is 0 Å². The van der Waals surface area contributed by atoms with Crippen molar-refractivity contribution >= 4 is 11.3 Å². The smallest absolute Gasteiger partial charge is 0.0308 e. The Morgan fingerprint density at radius 2 is 1.89 bits per heavy atom. The molecule has 1 heterocycles. The summed E-state index contributed by atoms with van der Waals surface area (Å²) in [4.78, 5) is 1.44. The van der Waals surface area contributed by atoms with Crippen LogP contribution in [0.1, 0.15) is 40.1 Å². The third-order valence-corrected chi connectivity index (χ3v) is 4.45. The van der Waals surface area contributed by atoms with Crippen LogP contribution in [-0.2, 0) is 6.54 Å². The topological polar surface area (TPSA) is 12.0 Å². The average Bonchev–Trinajstić information content (AvgIpc) is 2.72. The van der Waals surface area contributed by atoms with E-state index in [9.17, 15) is 0 Å². The van der Waals surface area contributed by atoms with Crippen molar-refractivity contribution in [2.24, 2.45) is 0 Å². The standard InChI is InChI=1S/C16H21NS/c1-11-5-6-15(13(3)9-11)14(4)17-10-16-12(2)7-8-18-16/h5-9,14,17H,10H2,1-4H3. The van der Waals surface area contributed by atoms with Crippen LogP contribution in [0.15, 0.2) is 29.6 Å². The second kappa shape index (κ2) is 5.68. The molecule has 0 bridgehead atoms. The summed E-state index contributed by atoms with van der Waals surface area (Å²) in [6, 6.07) is 9.26. The molecule has 0 radical (unpaired) electrons. The van der Waals surface area contributed by atoms with E-state index in [4.69, 9.17) is 0 Å². The molecule has 0 saturated carbocycles. The number of nitrogens with one attached hydrogen (secondary N) is 1. The summed E-state index contributed by atoms with van der Waals surface area (Å²) in [5.41, 5.74) is 5.49. The highest BCUT2D eigenvalue weighted by Crippen LogP contribution is 2.21. The fraction of sp³-hybridized carbons (Fsp3) is 0.375. The molecule has 18 heavy (non-hydrogen) atoms. The van der Waals surface area contributed by atoms with Gasteiger partial charge >= 0.3 is 0 Å². The van der Waals surface area contributed by atoms with Gasteiger partial charge in [-0.1, -0.05) is 23.8 Å². The van der Waals surface area contributed by atoms with Gasteiger partial charge in [0.25, 0.3) is 0 Å². The van der Waals surface area contributed by atoms with Crippen LogP contribution in [0.3, 0.4) is 0 Å². The van der Waals surface area contributed by atoms with Crippen LogP contribution in [0.4, 0.5) is 0 Å². The molecule has 96 valence electrons. The van der Waals surface area contributed by atoms with E-state index in [0.717, 1.165) is 6.54 Å². The highest BCUT2D eigenvalue weighted by atomic mass is 32.1.